The number of nitrogens with zero attached hydrogens (tertiary/aromatic N) is 13. The average molecular weight is 1640 g/mol. The summed E-state index contributed by atoms with van der Waals surface area (Å²) in [7, 11) is 5.50. The number of carbonyl (C=O) groups is 4. The van der Waals surface area contributed by atoms with E-state index in [0.29, 0.717) is 101 Å². The molecule has 0 aliphatic carbocycles. The first-order valence-electron chi connectivity index (χ1n) is 37.9. The minimum atomic E-state index is -0.619. The molecule has 0 bridgehead atoms. The molecule has 6 aromatic carbocycles. The van der Waals surface area contributed by atoms with Crippen molar-refractivity contribution in [2.75, 3.05) is 102 Å². The standard InChI is InChI=1S/C25H24FN7O2.C25H28FN5O2.C21H19FN4O.C17H19FN6O2/c1-2-23(34)29-18-6-3-7-19(14-18)30-24-22(26)16-28-25(32-24)31-20-8-4-9-21(15-20)35-13-5-11-33-12-10-27-17-33;1-17(2)13-23(32)18-7-5-8-19(14-18)28-24-22(26)16-27-25(30-24)29-20-9-6-10-21(15-20)33-12-11-31(3)4;1-14(2)12-19(27)15-8-10-17(11-9-15)24-20-18(22)13-23-21(26-20)25-16-6-4-3-5-7-16;1-3-15(25)24-7-6-12(10-24)21-16-13(18)9-20-17(23-16)22-11-4-5-14(26-2)19-8-11/h2-4,6-10,12,14-17H,1,5,11,13H2,(H,29,34)(H2,28,30,31,32);5-10,13-16H,11-12H2,1-4H3,(H2,27,28,29,30);3-13H,1-2H3,(H2,23,24,25,26);3-5,8-9,12H,1,6-7,10H2,2H3,(H2,20,21,22,23). The lowest BCUT2D eigenvalue weighted by atomic mass is 10.1. The number of anilines is 16. The van der Waals surface area contributed by atoms with Crippen LogP contribution >= 0.6 is 0 Å². The number of methoxy groups -OCH3 is 1. The van der Waals surface area contributed by atoms with Crippen molar-refractivity contribution >= 4 is 116 Å². The van der Waals surface area contributed by atoms with Crippen molar-refractivity contribution in [3.8, 4) is 17.4 Å². The number of hydrogen-bond donors (Lipinski definition) is 9. The van der Waals surface area contributed by atoms with E-state index in [9.17, 15) is 36.7 Å². The summed E-state index contributed by atoms with van der Waals surface area (Å²) in [6, 6.07) is 47.9. The van der Waals surface area contributed by atoms with Gasteiger partial charge in [0.05, 0.1) is 56.7 Å². The number of aryl methyl sites for hydroxylation is 1. The molecule has 33 heteroatoms. The van der Waals surface area contributed by atoms with Gasteiger partial charge < -0.3 is 76.4 Å². The Morgan fingerprint density at radius 1 is 0.504 bits per heavy atom. The van der Waals surface area contributed by atoms with Crippen molar-refractivity contribution < 1.29 is 51.0 Å². The zero-order valence-electron chi connectivity index (χ0n) is 67.3. The van der Waals surface area contributed by atoms with Gasteiger partial charge in [-0.2, -0.15) is 19.9 Å². The SMILES string of the molecule is C=CC(=O)N1CCC(Nc2nc(Nc3ccc(OC)nc3)ncc2F)C1.C=CC(=O)Nc1cccc(Nc2nc(Nc3cccc(OCCCn4ccnc4)c3)ncc2F)c1.CC(C)=CC(=O)c1ccc(Nc2nc(Nc3ccccc3)ncc2F)cc1.CC(C)=CC(=O)c1cccc(Nc2nc(Nc3cccc(OCCN(C)C)c3)ncc2F)c1. The summed E-state index contributed by atoms with van der Waals surface area (Å²) in [6.07, 6.45) is 18.5. The molecule has 1 aliphatic rings. The molecule has 1 atom stereocenters. The maximum Gasteiger partial charge on any atom is 0.247 e. The number of likely N-dealkylation sites (tertiary alicyclic amines) is 1. The third kappa shape index (κ3) is 28.8. The number of rotatable bonds is 33. The second-order valence-corrected chi connectivity index (χ2v) is 27.3. The maximum atomic E-state index is 14.4. The van der Waals surface area contributed by atoms with Gasteiger partial charge in [0.2, 0.25) is 41.5 Å². The number of carbonyl (C=O) groups excluding carboxylic acids is 4. The van der Waals surface area contributed by atoms with E-state index < -0.39 is 23.3 Å². The lowest BCUT2D eigenvalue weighted by molar-refractivity contribution is -0.125. The second kappa shape index (κ2) is 44.7. The predicted molar refractivity (Wildman–Crippen MR) is 462 cm³/mol. The summed E-state index contributed by atoms with van der Waals surface area (Å²) in [5.41, 5.74) is 8.01. The van der Waals surface area contributed by atoms with Crippen molar-refractivity contribution in [3.05, 3.63) is 297 Å². The van der Waals surface area contributed by atoms with Gasteiger partial charge in [-0.05, 0) is 176 Å². The molecule has 12 aromatic rings. The highest BCUT2D eigenvalue weighted by Gasteiger charge is 2.26. The summed E-state index contributed by atoms with van der Waals surface area (Å²) in [5, 5.41) is 26.6. The molecule has 2 amide bonds. The number of amides is 2. The first-order chi connectivity index (χ1) is 58.5. The van der Waals surface area contributed by atoms with Crippen LogP contribution in [0.25, 0.3) is 0 Å². The van der Waals surface area contributed by atoms with E-state index in [1.807, 2.05) is 136 Å². The molecule has 6 aromatic heterocycles. The van der Waals surface area contributed by atoms with Crippen LogP contribution in [-0.4, -0.2) is 148 Å². The molecule has 622 valence electrons. The second-order valence-electron chi connectivity index (χ2n) is 27.3. The lowest BCUT2D eigenvalue weighted by Gasteiger charge is -2.16. The van der Waals surface area contributed by atoms with E-state index in [1.54, 1.807) is 121 Å². The summed E-state index contributed by atoms with van der Waals surface area (Å²) in [4.78, 5) is 92.0. The molecule has 9 N–H and O–H groups in total. The number of ketones is 2. The smallest absolute Gasteiger partial charge is 0.247 e. The monoisotopic (exact) mass is 1640 g/mol. The molecule has 13 rings (SSSR count). The number of halogens is 4. The topological polar surface area (TPSA) is 345 Å². The largest absolute Gasteiger partial charge is 0.493 e. The number of pyridine rings is 1. The van der Waals surface area contributed by atoms with Crippen molar-refractivity contribution in [2.45, 2.75) is 53.1 Å². The molecular weight excluding hydrogens is 1550 g/mol. The van der Waals surface area contributed by atoms with Crippen molar-refractivity contribution in [1.29, 1.82) is 0 Å². The fraction of sp³-hybridized carbons (Fsp3) is 0.182. The van der Waals surface area contributed by atoms with Crippen LogP contribution in [0.5, 0.6) is 17.4 Å². The molecule has 1 aliphatic heterocycles. The molecule has 29 nitrogen and oxygen atoms in total. The highest BCUT2D eigenvalue weighted by molar-refractivity contribution is 6.06. The zero-order chi connectivity index (χ0) is 86.0. The highest BCUT2D eigenvalue weighted by Crippen LogP contribution is 2.29. The van der Waals surface area contributed by atoms with Gasteiger partial charge in [0.1, 0.15) is 18.1 Å². The van der Waals surface area contributed by atoms with Crippen molar-refractivity contribution in [2.24, 2.45) is 0 Å². The molecule has 1 saturated heterocycles. The third-order valence-corrected chi connectivity index (χ3v) is 16.9. The summed E-state index contributed by atoms with van der Waals surface area (Å²) >= 11 is 0. The van der Waals surface area contributed by atoms with Gasteiger partial charge in [0.15, 0.2) is 58.1 Å². The first-order valence-corrected chi connectivity index (χ1v) is 37.9. The van der Waals surface area contributed by atoms with Crippen LogP contribution in [0, 0.1) is 23.3 Å². The highest BCUT2D eigenvalue weighted by atomic mass is 19.1. The molecule has 0 spiro atoms. The van der Waals surface area contributed by atoms with Crippen LogP contribution in [0.3, 0.4) is 0 Å². The van der Waals surface area contributed by atoms with E-state index in [1.165, 1.54) is 19.3 Å². The van der Waals surface area contributed by atoms with E-state index >= 15 is 0 Å². The molecule has 121 heavy (non-hydrogen) atoms. The Bertz CT molecular complexity index is 5550. The molecular formula is C88H90F4N22O7. The number of para-hydroxylation sites is 1. The van der Waals surface area contributed by atoms with Crippen molar-refractivity contribution in [3.63, 3.8) is 0 Å². The first kappa shape index (κ1) is 88.1. The maximum absolute atomic E-state index is 14.4. The van der Waals surface area contributed by atoms with E-state index in [4.69, 9.17) is 14.2 Å². The Labute approximate surface area is 696 Å². The average Bonchev–Trinajstić information content (AvgIpc) is 1.80. The van der Waals surface area contributed by atoms with Crippen LogP contribution in [-0.2, 0) is 16.1 Å². The van der Waals surface area contributed by atoms with Crippen LogP contribution in [0.15, 0.2) is 262 Å². The van der Waals surface area contributed by atoms with Crippen LogP contribution in [0.1, 0.15) is 61.3 Å². The minimum absolute atomic E-state index is 0.00213. The summed E-state index contributed by atoms with van der Waals surface area (Å²) < 4.78 is 75.4. The van der Waals surface area contributed by atoms with E-state index in [-0.39, 0.29) is 76.5 Å². The van der Waals surface area contributed by atoms with Crippen LogP contribution < -0.4 is 62.1 Å². The normalized spacial score (nSPS) is 11.7. The summed E-state index contributed by atoms with van der Waals surface area (Å²) in [5.74, 6) is -0.0604. The number of imidazole rings is 1. The Balaban J connectivity index is 0.000000171. The van der Waals surface area contributed by atoms with E-state index in [0.717, 1.165) is 61.1 Å². The predicted octanol–water partition coefficient (Wildman–Crippen LogP) is 17.3. The zero-order valence-corrected chi connectivity index (χ0v) is 67.3. The van der Waals surface area contributed by atoms with Gasteiger partial charge in [-0.25, -0.2) is 47.5 Å². The molecule has 0 radical (unpaired) electrons. The van der Waals surface area contributed by atoms with E-state index in [2.05, 4.69) is 111 Å². The van der Waals surface area contributed by atoms with Gasteiger partial charge in [0, 0.05) is 114 Å². The number of hydrogen-bond acceptors (Lipinski definition) is 26. The van der Waals surface area contributed by atoms with Gasteiger partial charge in [-0.3, -0.25) is 19.2 Å². The number of aromatic nitrogens is 11. The van der Waals surface area contributed by atoms with Crippen molar-refractivity contribution in [1.82, 2.24) is 64.2 Å². The fourth-order valence-electron chi connectivity index (χ4n) is 11.1. The Kier molecular flexibility index (Phi) is 32.6. The molecule has 0 saturated carbocycles. The summed E-state index contributed by atoms with van der Waals surface area (Å²) in [6.45, 7) is 18.2. The number of likely N-dealkylation sites (N-methyl/N-ethyl adjacent to an activating group) is 1. The Morgan fingerprint density at radius 3 is 1.51 bits per heavy atom. The molecule has 7 heterocycles. The van der Waals surface area contributed by atoms with Gasteiger partial charge in [-0.15, -0.1) is 0 Å². The number of allylic oxidation sites excluding steroid dienone is 4. The quantitative estimate of drug-likeness (QED) is 0.00798. The Morgan fingerprint density at radius 2 is 0.983 bits per heavy atom. The number of nitrogens with one attached hydrogen (secondary N) is 9. The fourth-order valence-corrected chi connectivity index (χ4v) is 11.1. The molecule has 1 unspecified atom stereocenters. The Hall–Kier alpha value is -15.3. The number of ether oxygens (including phenoxy) is 3. The van der Waals surface area contributed by atoms with Crippen LogP contribution in [0.2, 0.25) is 0 Å². The van der Waals surface area contributed by atoms with Gasteiger partial charge in [0.25, 0.3) is 0 Å². The molecule has 1 fully saturated rings. The third-order valence-electron chi connectivity index (χ3n) is 16.9. The lowest BCUT2D eigenvalue weighted by Crippen LogP contribution is -2.30. The van der Waals surface area contributed by atoms with Gasteiger partial charge >= 0.3 is 0 Å². The number of benzene rings is 6. The van der Waals surface area contributed by atoms with Crippen LogP contribution in [0.4, 0.5) is 110 Å². The minimum Gasteiger partial charge on any atom is -0.493 e. The van der Waals surface area contributed by atoms with Gasteiger partial charge in [-0.1, -0.05) is 72.8 Å².